The Bertz CT molecular complexity index is 637. The lowest BCUT2D eigenvalue weighted by molar-refractivity contribution is -0.142. The Kier molecular flexibility index (Phi) is 3.08. The SMILES string of the molecule is O=C(O)[C@H]1CC=CC[C@H]1c1cccc2ccccc12. The number of rotatable bonds is 2. The molecule has 0 unspecified atom stereocenters. The molecule has 2 aromatic carbocycles. The summed E-state index contributed by atoms with van der Waals surface area (Å²) < 4.78 is 0. The molecule has 1 aliphatic carbocycles. The maximum atomic E-state index is 11.4. The van der Waals surface area contributed by atoms with Crippen molar-refractivity contribution in [2.75, 3.05) is 0 Å². The Morgan fingerprint density at radius 2 is 1.74 bits per heavy atom. The Labute approximate surface area is 112 Å². The van der Waals surface area contributed by atoms with E-state index in [0.717, 1.165) is 12.0 Å². The van der Waals surface area contributed by atoms with Crippen LogP contribution in [0.3, 0.4) is 0 Å². The van der Waals surface area contributed by atoms with Gasteiger partial charge in [-0.2, -0.15) is 0 Å². The summed E-state index contributed by atoms with van der Waals surface area (Å²) in [6, 6.07) is 14.4. The molecule has 1 N–H and O–H groups in total. The summed E-state index contributed by atoms with van der Waals surface area (Å²) in [6.45, 7) is 0. The van der Waals surface area contributed by atoms with Gasteiger partial charge in [0.25, 0.3) is 0 Å². The Morgan fingerprint density at radius 3 is 2.58 bits per heavy atom. The highest BCUT2D eigenvalue weighted by molar-refractivity contribution is 5.87. The van der Waals surface area contributed by atoms with Gasteiger partial charge in [0.05, 0.1) is 5.92 Å². The number of benzene rings is 2. The van der Waals surface area contributed by atoms with Crippen LogP contribution >= 0.6 is 0 Å². The van der Waals surface area contributed by atoms with Crippen molar-refractivity contribution in [1.82, 2.24) is 0 Å². The van der Waals surface area contributed by atoms with Crippen LogP contribution in [-0.4, -0.2) is 11.1 Å². The maximum Gasteiger partial charge on any atom is 0.307 e. The summed E-state index contributed by atoms with van der Waals surface area (Å²) >= 11 is 0. The molecule has 0 saturated heterocycles. The van der Waals surface area contributed by atoms with Gasteiger partial charge in [0.15, 0.2) is 0 Å². The second kappa shape index (κ2) is 4.88. The van der Waals surface area contributed by atoms with E-state index in [1.807, 2.05) is 24.3 Å². The predicted molar refractivity (Wildman–Crippen MR) is 76.2 cm³/mol. The summed E-state index contributed by atoms with van der Waals surface area (Å²) in [7, 11) is 0. The van der Waals surface area contributed by atoms with Gasteiger partial charge < -0.3 is 5.11 Å². The first kappa shape index (κ1) is 12.0. The summed E-state index contributed by atoms with van der Waals surface area (Å²) in [5.74, 6) is -0.924. The molecule has 2 nitrogen and oxygen atoms in total. The van der Waals surface area contributed by atoms with E-state index < -0.39 is 5.97 Å². The van der Waals surface area contributed by atoms with Crippen molar-refractivity contribution in [3.05, 3.63) is 60.2 Å². The van der Waals surface area contributed by atoms with Gasteiger partial charge in [-0.1, -0.05) is 54.6 Å². The van der Waals surface area contributed by atoms with Gasteiger partial charge >= 0.3 is 5.97 Å². The van der Waals surface area contributed by atoms with Crippen molar-refractivity contribution < 1.29 is 9.90 Å². The zero-order valence-corrected chi connectivity index (χ0v) is 10.6. The quantitative estimate of drug-likeness (QED) is 0.821. The van der Waals surface area contributed by atoms with E-state index in [1.165, 1.54) is 10.8 Å². The number of aliphatic carboxylic acids is 1. The minimum Gasteiger partial charge on any atom is -0.481 e. The molecule has 3 rings (SSSR count). The standard InChI is InChI=1S/C17H16O2/c18-17(19)16-10-4-3-9-15(16)14-11-5-7-12-6-1-2-8-13(12)14/h1-8,11,15-16H,9-10H2,(H,18,19)/t15-,16-/m0/s1. The fraction of sp³-hybridized carbons (Fsp3) is 0.235. The zero-order valence-electron chi connectivity index (χ0n) is 10.6. The first-order chi connectivity index (χ1) is 9.27. The minimum absolute atomic E-state index is 0.0774. The molecular formula is C17H16O2. The first-order valence-corrected chi connectivity index (χ1v) is 6.63. The van der Waals surface area contributed by atoms with Crippen LogP contribution in [0.25, 0.3) is 10.8 Å². The van der Waals surface area contributed by atoms with Crippen LogP contribution in [-0.2, 0) is 4.79 Å². The fourth-order valence-electron chi connectivity index (χ4n) is 3.00. The molecule has 96 valence electrons. The third kappa shape index (κ3) is 2.14. The molecule has 0 aliphatic heterocycles. The number of carboxylic acids is 1. The molecule has 2 atom stereocenters. The minimum atomic E-state index is -0.692. The van der Waals surface area contributed by atoms with Gasteiger partial charge in [-0.3, -0.25) is 4.79 Å². The normalized spacial score (nSPS) is 22.5. The second-order valence-electron chi connectivity index (χ2n) is 5.06. The molecule has 0 aromatic heterocycles. The van der Waals surface area contributed by atoms with E-state index in [-0.39, 0.29) is 11.8 Å². The van der Waals surface area contributed by atoms with E-state index in [1.54, 1.807) is 0 Å². The van der Waals surface area contributed by atoms with Gasteiger partial charge in [-0.25, -0.2) is 0 Å². The molecule has 0 amide bonds. The van der Waals surface area contributed by atoms with Crippen molar-refractivity contribution in [3.8, 4) is 0 Å². The van der Waals surface area contributed by atoms with Crippen LogP contribution in [0.5, 0.6) is 0 Å². The molecule has 1 aliphatic rings. The largest absolute Gasteiger partial charge is 0.481 e. The van der Waals surface area contributed by atoms with Crippen LogP contribution < -0.4 is 0 Å². The number of hydrogen-bond donors (Lipinski definition) is 1. The predicted octanol–water partition coefficient (Wildman–Crippen LogP) is 3.97. The van der Waals surface area contributed by atoms with Crippen LogP contribution in [0.4, 0.5) is 0 Å². The third-order valence-electron chi connectivity index (χ3n) is 3.97. The summed E-state index contributed by atoms with van der Waals surface area (Å²) in [5, 5.41) is 11.8. The lowest BCUT2D eigenvalue weighted by Crippen LogP contribution is -2.23. The Balaban J connectivity index is 2.12. The van der Waals surface area contributed by atoms with Crippen molar-refractivity contribution in [2.24, 2.45) is 5.92 Å². The molecule has 0 radical (unpaired) electrons. The van der Waals surface area contributed by atoms with E-state index in [2.05, 4.69) is 30.3 Å². The molecule has 0 heterocycles. The highest BCUT2D eigenvalue weighted by Gasteiger charge is 2.30. The Morgan fingerprint density at radius 1 is 1.00 bits per heavy atom. The number of carboxylic acid groups (broad SMARTS) is 1. The molecule has 2 aromatic rings. The smallest absolute Gasteiger partial charge is 0.307 e. The first-order valence-electron chi connectivity index (χ1n) is 6.63. The van der Waals surface area contributed by atoms with Gasteiger partial charge in [0.2, 0.25) is 0 Å². The number of carbonyl (C=O) groups is 1. The number of allylic oxidation sites excluding steroid dienone is 2. The maximum absolute atomic E-state index is 11.4. The van der Waals surface area contributed by atoms with Gasteiger partial charge in [-0.15, -0.1) is 0 Å². The monoisotopic (exact) mass is 252 g/mol. The zero-order chi connectivity index (χ0) is 13.2. The van der Waals surface area contributed by atoms with Crippen LogP contribution in [0.15, 0.2) is 54.6 Å². The van der Waals surface area contributed by atoms with Crippen LogP contribution in [0.2, 0.25) is 0 Å². The van der Waals surface area contributed by atoms with Crippen molar-refractivity contribution >= 4 is 16.7 Å². The van der Waals surface area contributed by atoms with Gasteiger partial charge in [-0.05, 0) is 29.2 Å². The molecule has 0 fully saturated rings. The van der Waals surface area contributed by atoms with Crippen molar-refractivity contribution in [1.29, 1.82) is 0 Å². The molecule has 0 bridgehead atoms. The molecule has 2 heteroatoms. The van der Waals surface area contributed by atoms with Crippen molar-refractivity contribution in [3.63, 3.8) is 0 Å². The highest BCUT2D eigenvalue weighted by Crippen LogP contribution is 2.38. The molecule has 0 saturated carbocycles. The molecular weight excluding hydrogens is 236 g/mol. The number of fused-ring (bicyclic) bond motifs is 1. The van der Waals surface area contributed by atoms with Gasteiger partial charge in [0, 0.05) is 5.92 Å². The van der Waals surface area contributed by atoms with E-state index >= 15 is 0 Å². The Hall–Kier alpha value is -2.09. The second-order valence-corrected chi connectivity index (χ2v) is 5.06. The van der Waals surface area contributed by atoms with E-state index in [9.17, 15) is 9.90 Å². The van der Waals surface area contributed by atoms with Crippen LogP contribution in [0, 0.1) is 5.92 Å². The van der Waals surface area contributed by atoms with E-state index in [4.69, 9.17) is 0 Å². The summed E-state index contributed by atoms with van der Waals surface area (Å²) in [4.78, 5) is 11.4. The number of hydrogen-bond acceptors (Lipinski definition) is 1. The lowest BCUT2D eigenvalue weighted by atomic mass is 9.77. The van der Waals surface area contributed by atoms with Crippen LogP contribution in [0.1, 0.15) is 24.3 Å². The topological polar surface area (TPSA) is 37.3 Å². The lowest BCUT2D eigenvalue weighted by Gasteiger charge is -2.26. The molecule has 19 heavy (non-hydrogen) atoms. The fourth-order valence-corrected chi connectivity index (χ4v) is 3.00. The van der Waals surface area contributed by atoms with Crippen molar-refractivity contribution in [2.45, 2.75) is 18.8 Å². The third-order valence-corrected chi connectivity index (χ3v) is 3.97. The van der Waals surface area contributed by atoms with E-state index in [0.29, 0.717) is 6.42 Å². The average molecular weight is 252 g/mol. The van der Waals surface area contributed by atoms with Gasteiger partial charge in [0.1, 0.15) is 0 Å². The summed E-state index contributed by atoms with van der Waals surface area (Å²) in [6.07, 6.45) is 5.53. The summed E-state index contributed by atoms with van der Waals surface area (Å²) in [5.41, 5.74) is 1.16. The molecule has 0 spiro atoms. The highest BCUT2D eigenvalue weighted by atomic mass is 16.4. The average Bonchev–Trinajstić information content (AvgIpc) is 2.46.